The molecule has 0 aliphatic carbocycles. The van der Waals surface area contributed by atoms with Crippen molar-refractivity contribution in [2.24, 2.45) is 0 Å². The van der Waals surface area contributed by atoms with Crippen LogP contribution < -0.4 is 10.1 Å². The number of halogens is 1. The summed E-state index contributed by atoms with van der Waals surface area (Å²) < 4.78 is 24.7. The number of nitrogens with one attached hydrogen (secondary N) is 1. The molecule has 1 aromatic rings. The summed E-state index contributed by atoms with van der Waals surface area (Å²) in [6.45, 7) is 4.39. The molecule has 5 heteroatoms. The third kappa shape index (κ3) is 3.69. The zero-order valence-electron chi connectivity index (χ0n) is 12.2. The van der Waals surface area contributed by atoms with E-state index in [0.29, 0.717) is 11.3 Å². The first kappa shape index (κ1) is 15.2. The molecule has 0 radical (unpaired) electrons. The molecule has 0 saturated carbocycles. The van der Waals surface area contributed by atoms with Crippen LogP contribution in [0.15, 0.2) is 18.2 Å². The maximum atomic E-state index is 14.1. The number of morpholine rings is 1. The first-order chi connectivity index (χ1) is 9.76. The van der Waals surface area contributed by atoms with Gasteiger partial charge in [0.1, 0.15) is 11.6 Å². The fourth-order valence-electron chi connectivity index (χ4n) is 2.60. The number of rotatable bonds is 6. The fraction of sp³-hybridized carbons (Fsp3) is 0.600. The summed E-state index contributed by atoms with van der Waals surface area (Å²) in [5, 5.41) is 3.20. The summed E-state index contributed by atoms with van der Waals surface area (Å²) in [6, 6.07) is 4.91. The average Bonchev–Trinajstić information content (AvgIpc) is 2.50. The van der Waals surface area contributed by atoms with Crippen molar-refractivity contribution in [1.29, 1.82) is 0 Å². The minimum absolute atomic E-state index is 0.0472. The molecule has 2 rings (SSSR count). The summed E-state index contributed by atoms with van der Waals surface area (Å²) >= 11 is 0. The normalized spacial score (nSPS) is 17.9. The SMILES string of the molecule is CNC(CCN1CCOCC1)c1c(F)cccc1OC. The second kappa shape index (κ2) is 7.57. The molecule has 1 aromatic carbocycles. The second-order valence-electron chi connectivity index (χ2n) is 4.94. The third-order valence-corrected chi connectivity index (χ3v) is 3.77. The van der Waals surface area contributed by atoms with Crippen molar-refractivity contribution >= 4 is 0 Å². The van der Waals surface area contributed by atoms with Gasteiger partial charge in [0.25, 0.3) is 0 Å². The van der Waals surface area contributed by atoms with E-state index in [1.807, 2.05) is 7.05 Å². The molecule has 0 bridgehead atoms. The summed E-state index contributed by atoms with van der Waals surface area (Å²) in [7, 11) is 3.43. The van der Waals surface area contributed by atoms with Gasteiger partial charge in [0.2, 0.25) is 0 Å². The lowest BCUT2D eigenvalue weighted by Crippen LogP contribution is -2.38. The summed E-state index contributed by atoms with van der Waals surface area (Å²) in [4.78, 5) is 2.35. The molecule has 1 saturated heterocycles. The highest BCUT2D eigenvalue weighted by molar-refractivity contribution is 5.37. The van der Waals surface area contributed by atoms with Gasteiger partial charge in [-0.15, -0.1) is 0 Å². The molecule has 1 aliphatic rings. The van der Waals surface area contributed by atoms with Gasteiger partial charge in [-0.1, -0.05) is 6.07 Å². The van der Waals surface area contributed by atoms with E-state index in [1.165, 1.54) is 6.07 Å². The van der Waals surface area contributed by atoms with Gasteiger partial charge >= 0.3 is 0 Å². The van der Waals surface area contributed by atoms with Crippen LogP contribution in [0.5, 0.6) is 5.75 Å². The minimum Gasteiger partial charge on any atom is -0.496 e. The van der Waals surface area contributed by atoms with E-state index in [2.05, 4.69) is 10.2 Å². The summed E-state index contributed by atoms with van der Waals surface area (Å²) in [6.07, 6.45) is 0.841. The van der Waals surface area contributed by atoms with Crippen LogP contribution in [-0.4, -0.2) is 51.9 Å². The Labute approximate surface area is 119 Å². The Morgan fingerprint density at radius 2 is 2.15 bits per heavy atom. The number of ether oxygens (including phenoxy) is 2. The minimum atomic E-state index is -0.217. The van der Waals surface area contributed by atoms with Crippen LogP contribution in [0.4, 0.5) is 4.39 Å². The lowest BCUT2D eigenvalue weighted by Gasteiger charge is -2.28. The Balaban J connectivity index is 2.04. The van der Waals surface area contributed by atoms with Crippen LogP contribution in [-0.2, 0) is 4.74 Å². The van der Waals surface area contributed by atoms with Crippen LogP contribution in [0.2, 0.25) is 0 Å². The average molecular weight is 282 g/mol. The van der Waals surface area contributed by atoms with E-state index in [1.54, 1.807) is 19.2 Å². The molecule has 0 amide bonds. The van der Waals surface area contributed by atoms with Gasteiger partial charge in [0.05, 0.1) is 20.3 Å². The Morgan fingerprint density at radius 3 is 2.80 bits per heavy atom. The largest absolute Gasteiger partial charge is 0.496 e. The van der Waals surface area contributed by atoms with Gasteiger partial charge in [0.15, 0.2) is 0 Å². The van der Waals surface area contributed by atoms with Crippen molar-refractivity contribution < 1.29 is 13.9 Å². The fourth-order valence-corrected chi connectivity index (χ4v) is 2.60. The quantitative estimate of drug-likeness (QED) is 0.863. The van der Waals surface area contributed by atoms with Gasteiger partial charge in [0, 0.05) is 31.2 Å². The highest BCUT2D eigenvalue weighted by atomic mass is 19.1. The molecule has 1 heterocycles. The second-order valence-corrected chi connectivity index (χ2v) is 4.94. The lowest BCUT2D eigenvalue weighted by atomic mass is 10.0. The standard InChI is InChI=1S/C15H23FN2O2/c1-17-13(6-7-18-8-10-20-11-9-18)15-12(16)4-3-5-14(15)19-2/h3-5,13,17H,6-11H2,1-2H3. The maximum Gasteiger partial charge on any atom is 0.131 e. The van der Waals surface area contributed by atoms with E-state index in [4.69, 9.17) is 9.47 Å². The number of benzene rings is 1. The molecule has 112 valence electrons. The number of hydrogen-bond donors (Lipinski definition) is 1. The van der Waals surface area contributed by atoms with Crippen molar-refractivity contribution in [2.75, 3.05) is 47.0 Å². The van der Waals surface area contributed by atoms with Gasteiger partial charge in [-0.2, -0.15) is 0 Å². The highest BCUT2D eigenvalue weighted by Gasteiger charge is 2.20. The smallest absolute Gasteiger partial charge is 0.131 e. The van der Waals surface area contributed by atoms with E-state index in [9.17, 15) is 4.39 Å². The molecule has 1 unspecified atom stereocenters. The zero-order chi connectivity index (χ0) is 14.4. The van der Waals surface area contributed by atoms with Crippen LogP contribution in [0.1, 0.15) is 18.0 Å². The monoisotopic (exact) mass is 282 g/mol. The first-order valence-corrected chi connectivity index (χ1v) is 7.06. The van der Waals surface area contributed by atoms with E-state index >= 15 is 0 Å². The molecule has 1 atom stereocenters. The van der Waals surface area contributed by atoms with Gasteiger partial charge < -0.3 is 14.8 Å². The number of hydrogen-bond acceptors (Lipinski definition) is 4. The lowest BCUT2D eigenvalue weighted by molar-refractivity contribution is 0.0361. The Kier molecular flexibility index (Phi) is 5.76. The van der Waals surface area contributed by atoms with Crippen molar-refractivity contribution in [3.05, 3.63) is 29.6 Å². The van der Waals surface area contributed by atoms with E-state index in [0.717, 1.165) is 39.3 Å². The highest BCUT2D eigenvalue weighted by Crippen LogP contribution is 2.29. The van der Waals surface area contributed by atoms with E-state index < -0.39 is 0 Å². The predicted molar refractivity (Wildman–Crippen MR) is 76.6 cm³/mol. The molecule has 1 fully saturated rings. The van der Waals surface area contributed by atoms with Crippen molar-refractivity contribution in [3.8, 4) is 5.75 Å². The maximum absolute atomic E-state index is 14.1. The topological polar surface area (TPSA) is 33.7 Å². The molecule has 20 heavy (non-hydrogen) atoms. The van der Waals surface area contributed by atoms with Crippen molar-refractivity contribution in [3.63, 3.8) is 0 Å². The Morgan fingerprint density at radius 1 is 1.40 bits per heavy atom. The van der Waals surface area contributed by atoms with Crippen LogP contribution in [0.25, 0.3) is 0 Å². The molecule has 0 spiro atoms. The molecular formula is C15H23FN2O2. The van der Waals surface area contributed by atoms with Crippen molar-refractivity contribution in [2.45, 2.75) is 12.5 Å². The van der Waals surface area contributed by atoms with Gasteiger partial charge in [-0.05, 0) is 25.6 Å². The molecular weight excluding hydrogens is 259 g/mol. The zero-order valence-corrected chi connectivity index (χ0v) is 12.2. The summed E-state index contributed by atoms with van der Waals surface area (Å²) in [5.41, 5.74) is 0.616. The molecule has 1 N–H and O–H groups in total. The molecule has 0 aromatic heterocycles. The van der Waals surface area contributed by atoms with Gasteiger partial charge in [-0.25, -0.2) is 4.39 Å². The Bertz CT molecular complexity index is 422. The van der Waals surface area contributed by atoms with Crippen molar-refractivity contribution in [1.82, 2.24) is 10.2 Å². The predicted octanol–water partition coefficient (Wildman–Crippen LogP) is 1.82. The van der Waals surface area contributed by atoms with Crippen LogP contribution in [0, 0.1) is 5.82 Å². The third-order valence-electron chi connectivity index (χ3n) is 3.77. The Hall–Kier alpha value is -1.17. The van der Waals surface area contributed by atoms with E-state index in [-0.39, 0.29) is 11.9 Å². The van der Waals surface area contributed by atoms with Gasteiger partial charge in [-0.3, -0.25) is 4.90 Å². The van der Waals surface area contributed by atoms with Crippen LogP contribution in [0.3, 0.4) is 0 Å². The first-order valence-electron chi connectivity index (χ1n) is 7.06. The number of methoxy groups -OCH3 is 1. The number of nitrogens with zero attached hydrogens (tertiary/aromatic N) is 1. The summed E-state index contributed by atoms with van der Waals surface area (Å²) in [5.74, 6) is 0.386. The van der Waals surface area contributed by atoms with Crippen LogP contribution >= 0.6 is 0 Å². The molecule has 4 nitrogen and oxygen atoms in total. The molecule has 1 aliphatic heterocycles.